The maximum absolute atomic E-state index is 11.4. The lowest BCUT2D eigenvalue weighted by Gasteiger charge is -2.16. The van der Waals surface area contributed by atoms with Gasteiger partial charge in [0.15, 0.2) is 0 Å². The summed E-state index contributed by atoms with van der Waals surface area (Å²) < 4.78 is 8.13. The molecule has 0 radical (unpaired) electrons. The lowest BCUT2D eigenvalue weighted by molar-refractivity contribution is -0.119. The van der Waals surface area contributed by atoms with E-state index in [1.54, 1.807) is 6.92 Å². The number of nitrogens with one attached hydrogen (secondary N) is 1. The van der Waals surface area contributed by atoms with Crippen molar-refractivity contribution in [2.75, 3.05) is 6.54 Å². The number of aryl methyl sites for hydroxylation is 1. The standard InChI is InChI=1S/C22H32Cl2N2O2/c1-6-8-9-10-26-13-18(16(7-2)12-25-15(5)27)17-11-19(28-14(3)4)20(23)21(24)22(17)26/h11,13-14,16H,6-10,12H2,1-5H3,(H,25,27). The van der Waals surface area contributed by atoms with Gasteiger partial charge in [0, 0.05) is 37.5 Å². The molecule has 28 heavy (non-hydrogen) atoms. The van der Waals surface area contributed by atoms with E-state index in [0.717, 1.165) is 43.1 Å². The summed E-state index contributed by atoms with van der Waals surface area (Å²) in [7, 11) is 0. The number of fused-ring (bicyclic) bond motifs is 1. The van der Waals surface area contributed by atoms with Crippen molar-refractivity contribution in [1.29, 1.82) is 0 Å². The van der Waals surface area contributed by atoms with E-state index in [2.05, 4.69) is 29.9 Å². The van der Waals surface area contributed by atoms with Crippen LogP contribution in [-0.4, -0.2) is 23.1 Å². The van der Waals surface area contributed by atoms with Crippen molar-refractivity contribution in [3.8, 4) is 5.75 Å². The van der Waals surface area contributed by atoms with E-state index in [1.165, 1.54) is 5.56 Å². The maximum Gasteiger partial charge on any atom is 0.216 e. The number of hydrogen-bond donors (Lipinski definition) is 1. The number of benzene rings is 1. The van der Waals surface area contributed by atoms with Crippen molar-refractivity contribution in [3.63, 3.8) is 0 Å². The highest BCUT2D eigenvalue weighted by Crippen LogP contribution is 2.43. The molecule has 0 aliphatic heterocycles. The van der Waals surface area contributed by atoms with Gasteiger partial charge in [-0.25, -0.2) is 0 Å². The third-order valence-electron chi connectivity index (χ3n) is 4.94. The van der Waals surface area contributed by atoms with Crippen LogP contribution >= 0.6 is 23.2 Å². The molecule has 1 heterocycles. The van der Waals surface area contributed by atoms with Crippen LogP contribution in [-0.2, 0) is 11.3 Å². The summed E-state index contributed by atoms with van der Waals surface area (Å²) in [5, 5.41) is 5.00. The normalized spacial score (nSPS) is 12.6. The van der Waals surface area contributed by atoms with Crippen molar-refractivity contribution in [2.24, 2.45) is 0 Å². The first-order valence-electron chi connectivity index (χ1n) is 10.2. The summed E-state index contributed by atoms with van der Waals surface area (Å²) in [6, 6.07) is 2.01. The molecule has 1 aromatic carbocycles. The van der Waals surface area contributed by atoms with Gasteiger partial charge in [0.05, 0.1) is 16.6 Å². The fourth-order valence-electron chi connectivity index (χ4n) is 3.51. The van der Waals surface area contributed by atoms with E-state index in [9.17, 15) is 4.79 Å². The Balaban J connectivity index is 2.59. The maximum atomic E-state index is 11.4. The highest BCUT2D eigenvalue weighted by molar-refractivity contribution is 6.46. The zero-order valence-electron chi connectivity index (χ0n) is 17.6. The van der Waals surface area contributed by atoms with Crippen LogP contribution in [0.3, 0.4) is 0 Å². The number of unbranched alkanes of at least 4 members (excludes halogenated alkanes) is 2. The first-order chi connectivity index (χ1) is 13.3. The molecule has 1 aromatic heterocycles. The SMILES string of the molecule is CCCCCn1cc(C(CC)CNC(C)=O)c2cc(OC(C)C)c(Cl)c(Cl)c21. The molecular formula is C22H32Cl2N2O2. The van der Waals surface area contributed by atoms with Crippen LogP contribution in [0.15, 0.2) is 12.3 Å². The smallest absolute Gasteiger partial charge is 0.216 e. The molecule has 0 aliphatic rings. The summed E-state index contributed by atoms with van der Waals surface area (Å²) in [6.07, 6.45) is 6.50. The first-order valence-corrected chi connectivity index (χ1v) is 11.0. The fourth-order valence-corrected chi connectivity index (χ4v) is 4.00. The predicted molar refractivity (Wildman–Crippen MR) is 119 cm³/mol. The number of rotatable bonds is 10. The van der Waals surface area contributed by atoms with E-state index >= 15 is 0 Å². The molecule has 6 heteroatoms. The summed E-state index contributed by atoms with van der Waals surface area (Å²) in [4.78, 5) is 11.4. The quantitative estimate of drug-likeness (QED) is 0.437. The number of carbonyl (C=O) groups excluding carboxylic acids is 1. The summed E-state index contributed by atoms with van der Waals surface area (Å²) in [6.45, 7) is 11.3. The van der Waals surface area contributed by atoms with Crippen LogP contribution in [0.25, 0.3) is 10.9 Å². The minimum Gasteiger partial charge on any atom is -0.489 e. The molecule has 4 nitrogen and oxygen atoms in total. The Morgan fingerprint density at radius 3 is 2.50 bits per heavy atom. The van der Waals surface area contributed by atoms with E-state index in [0.29, 0.717) is 22.3 Å². The van der Waals surface area contributed by atoms with Gasteiger partial charge in [-0.15, -0.1) is 0 Å². The van der Waals surface area contributed by atoms with E-state index in [1.807, 2.05) is 19.9 Å². The second-order valence-corrected chi connectivity index (χ2v) is 8.35. The van der Waals surface area contributed by atoms with Crippen LogP contribution in [0.2, 0.25) is 10.0 Å². The summed E-state index contributed by atoms with van der Waals surface area (Å²) >= 11 is 13.3. The number of hydrogen-bond acceptors (Lipinski definition) is 2. The van der Waals surface area contributed by atoms with Gasteiger partial charge in [-0.1, -0.05) is 49.9 Å². The second-order valence-electron chi connectivity index (χ2n) is 7.59. The number of amides is 1. The molecule has 0 saturated heterocycles. The molecule has 0 fully saturated rings. The topological polar surface area (TPSA) is 43.3 Å². The van der Waals surface area contributed by atoms with Crippen molar-refractivity contribution >= 4 is 40.0 Å². The molecule has 156 valence electrons. The number of aromatic nitrogens is 1. The first kappa shape index (κ1) is 22.9. The lowest BCUT2D eigenvalue weighted by atomic mass is 9.95. The van der Waals surface area contributed by atoms with Gasteiger partial charge in [0.1, 0.15) is 10.8 Å². The van der Waals surface area contributed by atoms with Gasteiger partial charge >= 0.3 is 0 Å². The predicted octanol–water partition coefficient (Wildman–Crippen LogP) is 6.56. The molecule has 1 N–H and O–H groups in total. The Morgan fingerprint density at radius 2 is 1.93 bits per heavy atom. The van der Waals surface area contributed by atoms with Crippen molar-refractivity contribution < 1.29 is 9.53 Å². The Bertz CT molecular complexity index is 815. The van der Waals surface area contributed by atoms with Gasteiger partial charge in [-0.2, -0.15) is 0 Å². The van der Waals surface area contributed by atoms with E-state index < -0.39 is 0 Å². The molecule has 0 bridgehead atoms. The van der Waals surface area contributed by atoms with Crippen LogP contribution in [0.5, 0.6) is 5.75 Å². The molecule has 1 unspecified atom stereocenters. The van der Waals surface area contributed by atoms with Gasteiger partial charge in [0.25, 0.3) is 0 Å². The molecule has 2 rings (SSSR count). The summed E-state index contributed by atoms with van der Waals surface area (Å²) in [5.74, 6) is 0.786. The average Bonchev–Trinajstić information content (AvgIpc) is 2.98. The number of halogens is 2. The van der Waals surface area contributed by atoms with Gasteiger partial charge in [0.2, 0.25) is 5.91 Å². The highest BCUT2D eigenvalue weighted by Gasteiger charge is 2.22. The third-order valence-corrected chi connectivity index (χ3v) is 5.78. The minimum absolute atomic E-state index is 0.00228. The van der Waals surface area contributed by atoms with Gasteiger partial charge in [-0.3, -0.25) is 4.79 Å². The Hall–Kier alpha value is -1.39. The third kappa shape index (κ3) is 5.36. The zero-order valence-corrected chi connectivity index (χ0v) is 19.1. The minimum atomic E-state index is -0.0185. The molecule has 0 spiro atoms. The monoisotopic (exact) mass is 426 g/mol. The van der Waals surface area contributed by atoms with E-state index in [-0.39, 0.29) is 17.9 Å². The van der Waals surface area contributed by atoms with E-state index in [4.69, 9.17) is 27.9 Å². The molecule has 1 amide bonds. The molecular weight excluding hydrogens is 395 g/mol. The fraction of sp³-hybridized carbons (Fsp3) is 0.591. The van der Waals surface area contributed by atoms with Gasteiger partial charge in [-0.05, 0) is 38.3 Å². The Labute approximate surface area is 178 Å². The highest BCUT2D eigenvalue weighted by atomic mass is 35.5. The van der Waals surface area contributed by atoms with Crippen molar-refractivity contribution in [2.45, 2.75) is 78.9 Å². The number of carbonyl (C=O) groups is 1. The molecule has 2 aromatic rings. The van der Waals surface area contributed by atoms with Crippen molar-refractivity contribution in [3.05, 3.63) is 27.9 Å². The summed E-state index contributed by atoms with van der Waals surface area (Å²) in [5.41, 5.74) is 2.13. The lowest BCUT2D eigenvalue weighted by Crippen LogP contribution is -2.25. The van der Waals surface area contributed by atoms with Crippen LogP contribution < -0.4 is 10.1 Å². The molecule has 1 atom stereocenters. The van der Waals surface area contributed by atoms with Gasteiger partial charge < -0.3 is 14.6 Å². The second kappa shape index (κ2) is 10.4. The van der Waals surface area contributed by atoms with Crippen LogP contribution in [0, 0.1) is 0 Å². The molecule has 0 saturated carbocycles. The van der Waals surface area contributed by atoms with Crippen LogP contribution in [0.1, 0.15) is 71.8 Å². The number of ether oxygens (including phenoxy) is 1. The Kier molecular flexibility index (Phi) is 8.51. The Morgan fingerprint density at radius 1 is 1.21 bits per heavy atom. The average molecular weight is 427 g/mol. The largest absolute Gasteiger partial charge is 0.489 e. The zero-order chi connectivity index (χ0) is 20.8. The molecule has 0 aliphatic carbocycles. The van der Waals surface area contributed by atoms with Crippen molar-refractivity contribution in [1.82, 2.24) is 9.88 Å². The van der Waals surface area contributed by atoms with Crippen LogP contribution in [0.4, 0.5) is 0 Å². The number of nitrogens with zero attached hydrogens (tertiary/aromatic N) is 1.